The normalized spacial score (nSPS) is 52.2. The second-order valence-corrected chi connectivity index (χ2v) is 11.1. The van der Waals surface area contributed by atoms with Gasteiger partial charge in [0.2, 0.25) is 5.91 Å². The van der Waals surface area contributed by atoms with Gasteiger partial charge in [0.25, 0.3) is 0 Å². The van der Waals surface area contributed by atoms with Crippen LogP contribution in [0.1, 0.15) is 58.8 Å². The maximum Gasteiger partial charge on any atom is 0.311 e. The molecular weight excluding hydrogens is 330 g/mol. The van der Waals surface area contributed by atoms with E-state index >= 15 is 0 Å². The highest BCUT2D eigenvalue weighted by Crippen LogP contribution is 2.70. The van der Waals surface area contributed by atoms with Crippen LogP contribution in [0.5, 0.6) is 0 Å². The summed E-state index contributed by atoms with van der Waals surface area (Å²) in [6.07, 6.45) is 7.35. The van der Waals surface area contributed by atoms with Crippen LogP contribution in [0.25, 0.3) is 0 Å². The number of fused-ring (bicyclic) bond motifs is 1. The Balaban J connectivity index is 1.45. The van der Waals surface area contributed by atoms with E-state index < -0.39 is 11.4 Å². The standard InChI is InChI=1S/C21H31NO4/c1-18-5-14-6-19(2,10-18)12-20(7-14,11-18)16(23)22-8-15-9-26-4-3-21(15,13-22)17(24)25/h14-15H,3-13H2,1-2H3,(H,24,25)/t14?,15-,18?,19?,20?,21+/m0/s1. The average molecular weight is 361 g/mol. The number of nitrogens with zero attached hydrogens (tertiary/aromatic N) is 1. The lowest BCUT2D eigenvalue weighted by molar-refractivity contribution is -0.179. The second kappa shape index (κ2) is 5.03. The van der Waals surface area contributed by atoms with Crippen LogP contribution >= 0.6 is 0 Å². The van der Waals surface area contributed by atoms with Crippen molar-refractivity contribution in [3.05, 3.63) is 0 Å². The minimum Gasteiger partial charge on any atom is -0.481 e. The quantitative estimate of drug-likeness (QED) is 0.821. The summed E-state index contributed by atoms with van der Waals surface area (Å²) in [7, 11) is 0. The fourth-order valence-electron chi connectivity index (χ4n) is 8.48. The summed E-state index contributed by atoms with van der Waals surface area (Å²) in [6.45, 7) is 6.68. The molecule has 4 saturated carbocycles. The minimum atomic E-state index is -0.788. The zero-order valence-corrected chi connectivity index (χ0v) is 16.1. The van der Waals surface area contributed by atoms with Gasteiger partial charge < -0.3 is 14.7 Å². The molecule has 4 aliphatic carbocycles. The maximum atomic E-state index is 13.8. The number of carboxylic acids is 1. The van der Waals surface area contributed by atoms with Crippen LogP contribution in [0, 0.1) is 33.5 Å². The number of carbonyl (C=O) groups is 2. The first-order chi connectivity index (χ1) is 12.2. The predicted octanol–water partition coefficient (Wildman–Crippen LogP) is 2.93. The highest BCUT2D eigenvalue weighted by Gasteiger charge is 2.65. The summed E-state index contributed by atoms with van der Waals surface area (Å²) < 4.78 is 5.57. The van der Waals surface area contributed by atoms with Crippen LogP contribution in [0.4, 0.5) is 0 Å². The second-order valence-electron chi connectivity index (χ2n) is 11.1. The largest absolute Gasteiger partial charge is 0.481 e. The molecule has 6 aliphatic rings. The van der Waals surface area contributed by atoms with Crippen molar-refractivity contribution in [1.29, 1.82) is 0 Å². The molecule has 0 aromatic heterocycles. The Hall–Kier alpha value is -1.10. The number of hydrogen-bond donors (Lipinski definition) is 1. The Morgan fingerprint density at radius 3 is 2.35 bits per heavy atom. The van der Waals surface area contributed by atoms with E-state index in [1.807, 2.05) is 4.90 Å². The van der Waals surface area contributed by atoms with E-state index in [-0.39, 0.29) is 17.2 Å². The summed E-state index contributed by atoms with van der Waals surface area (Å²) in [4.78, 5) is 27.8. The van der Waals surface area contributed by atoms with Gasteiger partial charge in [0.15, 0.2) is 0 Å². The number of amides is 1. The first-order valence-corrected chi connectivity index (χ1v) is 10.3. The van der Waals surface area contributed by atoms with Crippen molar-refractivity contribution < 1.29 is 19.4 Å². The van der Waals surface area contributed by atoms with E-state index in [2.05, 4.69) is 13.8 Å². The molecule has 26 heavy (non-hydrogen) atoms. The predicted molar refractivity (Wildman–Crippen MR) is 95.4 cm³/mol. The van der Waals surface area contributed by atoms with E-state index in [1.165, 1.54) is 19.3 Å². The molecule has 2 heterocycles. The lowest BCUT2D eigenvalue weighted by atomic mass is 9.40. The van der Waals surface area contributed by atoms with Gasteiger partial charge in [-0.2, -0.15) is 0 Å². The number of carboxylic acid groups (broad SMARTS) is 1. The molecule has 0 aromatic rings. The molecule has 1 N–H and O–H groups in total. The summed E-state index contributed by atoms with van der Waals surface area (Å²) in [6, 6.07) is 0. The molecule has 4 atom stereocenters. The molecule has 5 heteroatoms. The van der Waals surface area contributed by atoms with Crippen LogP contribution in [0.3, 0.4) is 0 Å². The van der Waals surface area contributed by atoms with Gasteiger partial charge >= 0.3 is 5.97 Å². The Morgan fingerprint density at radius 2 is 1.77 bits per heavy atom. The highest BCUT2D eigenvalue weighted by atomic mass is 16.5. The van der Waals surface area contributed by atoms with Crippen molar-refractivity contribution in [2.24, 2.45) is 33.5 Å². The van der Waals surface area contributed by atoms with Gasteiger partial charge in [-0.1, -0.05) is 13.8 Å². The molecule has 2 unspecified atom stereocenters. The fraction of sp³-hybridized carbons (Fsp3) is 0.905. The lowest BCUT2D eigenvalue weighted by Crippen LogP contribution is -2.60. The SMILES string of the molecule is CC12CC3CC(C)(C1)CC(C(=O)N1C[C@H]4COCC[C@@]4(C(=O)O)C1)(C3)C2. The minimum absolute atomic E-state index is 0.0576. The summed E-state index contributed by atoms with van der Waals surface area (Å²) in [5.74, 6) is 0.129. The number of ether oxygens (including phenoxy) is 1. The van der Waals surface area contributed by atoms with Crippen molar-refractivity contribution in [1.82, 2.24) is 4.90 Å². The molecule has 4 bridgehead atoms. The molecule has 6 rings (SSSR count). The van der Waals surface area contributed by atoms with Crippen LogP contribution in [0.15, 0.2) is 0 Å². The topological polar surface area (TPSA) is 66.8 Å². The Morgan fingerprint density at radius 1 is 1.08 bits per heavy atom. The van der Waals surface area contributed by atoms with E-state index in [0.717, 1.165) is 19.3 Å². The van der Waals surface area contributed by atoms with Gasteiger partial charge in [-0.05, 0) is 61.7 Å². The monoisotopic (exact) mass is 361 g/mol. The Bertz CT molecular complexity index is 657. The third-order valence-corrected chi connectivity index (χ3v) is 8.50. The van der Waals surface area contributed by atoms with Crippen molar-refractivity contribution >= 4 is 11.9 Å². The van der Waals surface area contributed by atoms with E-state index in [4.69, 9.17) is 4.74 Å². The van der Waals surface area contributed by atoms with Crippen molar-refractivity contribution in [2.75, 3.05) is 26.3 Å². The van der Waals surface area contributed by atoms with E-state index in [1.54, 1.807) is 0 Å². The first kappa shape index (κ1) is 17.0. The molecule has 5 nitrogen and oxygen atoms in total. The fourth-order valence-corrected chi connectivity index (χ4v) is 8.48. The first-order valence-electron chi connectivity index (χ1n) is 10.3. The van der Waals surface area contributed by atoms with Gasteiger partial charge in [-0.25, -0.2) is 0 Å². The highest BCUT2D eigenvalue weighted by molar-refractivity contribution is 5.86. The molecule has 1 amide bonds. The molecule has 0 aromatic carbocycles. The smallest absolute Gasteiger partial charge is 0.311 e. The molecule has 6 fully saturated rings. The third-order valence-electron chi connectivity index (χ3n) is 8.50. The van der Waals surface area contributed by atoms with Gasteiger partial charge in [0.05, 0.1) is 17.4 Å². The van der Waals surface area contributed by atoms with Crippen LogP contribution in [0.2, 0.25) is 0 Å². The van der Waals surface area contributed by atoms with Crippen molar-refractivity contribution in [3.8, 4) is 0 Å². The van der Waals surface area contributed by atoms with E-state index in [0.29, 0.717) is 49.5 Å². The third kappa shape index (κ3) is 2.18. The Kier molecular flexibility index (Phi) is 3.30. The number of carbonyl (C=O) groups excluding carboxylic acids is 1. The molecule has 0 spiro atoms. The van der Waals surface area contributed by atoms with Crippen LogP contribution in [-0.2, 0) is 14.3 Å². The number of rotatable bonds is 2. The van der Waals surface area contributed by atoms with E-state index in [9.17, 15) is 14.7 Å². The number of hydrogen-bond acceptors (Lipinski definition) is 3. The average Bonchev–Trinajstić information content (AvgIpc) is 2.91. The van der Waals surface area contributed by atoms with Gasteiger partial charge in [-0.15, -0.1) is 0 Å². The summed E-state index contributed by atoms with van der Waals surface area (Å²) in [5.41, 5.74) is -0.436. The molecular formula is C21H31NO4. The maximum absolute atomic E-state index is 13.8. The van der Waals surface area contributed by atoms with Crippen LogP contribution in [-0.4, -0.2) is 48.2 Å². The van der Waals surface area contributed by atoms with Crippen molar-refractivity contribution in [2.45, 2.75) is 58.8 Å². The summed E-state index contributed by atoms with van der Waals surface area (Å²) >= 11 is 0. The molecule has 2 aliphatic heterocycles. The summed E-state index contributed by atoms with van der Waals surface area (Å²) in [5, 5.41) is 9.92. The van der Waals surface area contributed by atoms with Gasteiger partial charge in [-0.3, -0.25) is 9.59 Å². The zero-order chi connectivity index (χ0) is 18.4. The van der Waals surface area contributed by atoms with Gasteiger partial charge in [0, 0.05) is 25.6 Å². The van der Waals surface area contributed by atoms with Gasteiger partial charge in [0.1, 0.15) is 0 Å². The molecule has 0 radical (unpaired) electrons. The number of likely N-dealkylation sites (tertiary alicyclic amines) is 1. The zero-order valence-electron chi connectivity index (χ0n) is 16.1. The Labute approximate surface area is 155 Å². The molecule has 144 valence electrons. The number of aliphatic carboxylic acids is 1. The van der Waals surface area contributed by atoms with Crippen molar-refractivity contribution in [3.63, 3.8) is 0 Å². The lowest BCUT2D eigenvalue weighted by Gasteiger charge is -2.65. The molecule has 2 saturated heterocycles. The van der Waals surface area contributed by atoms with Crippen LogP contribution < -0.4 is 0 Å².